The quantitative estimate of drug-likeness (QED) is 0.659. The third-order valence-corrected chi connectivity index (χ3v) is 4.06. The monoisotopic (exact) mass is 251 g/mol. The van der Waals surface area contributed by atoms with Crippen LogP contribution in [0.25, 0.3) is 0 Å². The van der Waals surface area contributed by atoms with Gasteiger partial charge in [-0.3, -0.25) is 0 Å². The van der Waals surface area contributed by atoms with Crippen molar-refractivity contribution in [1.29, 1.82) is 0 Å². The molecule has 0 radical (unpaired) electrons. The first-order valence-electron chi connectivity index (χ1n) is 6.40. The average Bonchev–Trinajstić information content (AvgIpc) is 2.29. The molecule has 0 saturated carbocycles. The van der Waals surface area contributed by atoms with E-state index in [0.29, 0.717) is 0 Å². The van der Waals surface area contributed by atoms with Crippen LogP contribution in [0.1, 0.15) is 30.7 Å². The smallest absolute Gasteiger partial charge is 0.187 e. The molecule has 94 valence electrons. The molecule has 0 aromatic carbocycles. The predicted octanol–water partition coefficient (Wildman–Crippen LogP) is 2.58. The lowest BCUT2D eigenvalue weighted by Gasteiger charge is -2.21. The summed E-state index contributed by atoms with van der Waals surface area (Å²) in [7, 11) is 0. The summed E-state index contributed by atoms with van der Waals surface area (Å²) >= 11 is 1.80. The van der Waals surface area contributed by atoms with Crippen LogP contribution in [0.2, 0.25) is 0 Å². The summed E-state index contributed by atoms with van der Waals surface area (Å²) in [5, 5.41) is 4.35. The van der Waals surface area contributed by atoms with Gasteiger partial charge in [0.2, 0.25) is 0 Å². The van der Waals surface area contributed by atoms with E-state index in [1.807, 2.05) is 19.9 Å². The van der Waals surface area contributed by atoms with Crippen LogP contribution in [0.15, 0.2) is 11.2 Å². The van der Waals surface area contributed by atoms with Gasteiger partial charge in [-0.05, 0) is 58.2 Å². The normalized spacial score (nSPS) is 17.3. The van der Waals surface area contributed by atoms with Crippen molar-refractivity contribution in [3.05, 3.63) is 17.5 Å². The molecule has 1 saturated heterocycles. The molecule has 1 aliphatic heterocycles. The summed E-state index contributed by atoms with van der Waals surface area (Å²) in [5.74, 6) is 2.04. The molecule has 1 aromatic heterocycles. The zero-order valence-corrected chi connectivity index (χ0v) is 11.5. The molecule has 2 rings (SSSR count). The Balaban J connectivity index is 1.77. The summed E-state index contributed by atoms with van der Waals surface area (Å²) in [6, 6.07) is 2.02. The van der Waals surface area contributed by atoms with Gasteiger partial charge >= 0.3 is 0 Å². The third kappa shape index (κ3) is 4.28. The molecule has 2 heterocycles. The van der Waals surface area contributed by atoms with Crippen molar-refractivity contribution in [3.8, 4) is 0 Å². The number of piperidine rings is 1. The molecular formula is C13H21N3S. The maximum atomic E-state index is 4.46. The Hall–Kier alpha value is -0.610. The molecular weight excluding hydrogens is 230 g/mol. The van der Waals surface area contributed by atoms with Crippen molar-refractivity contribution in [2.24, 2.45) is 5.92 Å². The standard InChI is InChI=1S/C13H21N3S/c1-10-9-11(2)16-13(15-10)17-8-5-12-3-6-14-7-4-12/h9,12,14H,3-8H2,1-2H3. The van der Waals surface area contributed by atoms with Gasteiger partial charge in [0.25, 0.3) is 0 Å². The second-order valence-corrected chi connectivity index (χ2v) is 5.83. The maximum absolute atomic E-state index is 4.46. The van der Waals surface area contributed by atoms with Gasteiger partial charge in [-0.25, -0.2) is 9.97 Å². The van der Waals surface area contributed by atoms with E-state index < -0.39 is 0 Å². The second-order valence-electron chi connectivity index (χ2n) is 4.76. The second kappa shape index (κ2) is 6.36. The third-order valence-electron chi connectivity index (χ3n) is 3.18. The van der Waals surface area contributed by atoms with Gasteiger partial charge in [-0.15, -0.1) is 0 Å². The molecule has 1 fully saturated rings. The van der Waals surface area contributed by atoms with Gasteiger partial charge in [0, 0.05) is 17.1 Å². The lowest BCUT2D eigenvalue weighted by Crippen LogP contribution is -2.27. The number of rotatable bonds is 4. The molecule has 0 aliphatic carbocycles. The largest absolute Gasteiger partial charge is 0.317 e. The maximum Gasteiger partial charge on any atom is 0.187 e. The number of hydrogen-bond donors (Lipinski definition) is 1. The highest BCUT2D eigenvalue weighted by atomic mass is 32.2. The van der Waals surface area contributed by atoms with Gasteiger partial charge < -0.3 is 5.32 Å². The SMILES string of the molecule is Cc1cc(C)nc(SCCC2CCNCC2)n1. The summed E-state index contributed by atoms with van der Waals surface area (Å²) in [6.07, 6.45) is 3.95. The molecule has 1 aromatic rings. The van der Waals surface area contributed by atoms with E-state index in [1.165, 1.54) is 32.4 Å². The summed E-state index contributed by atoms with van der Waals surface area (Å²) in [6.45, 7) is 6.45. The molecule has 0 spiro atoms. The Morgan fingerprint density at radius 3 is 2.53 bits per heavy atom. The Morgan fingerprint density at radius 2 is 1.88 bits per heavy atom. The van der Waals surface area contributed by atoms with Crippen molar-refractivity contribution in [3.63, 3.8) is 0 Å². The number of hydrogen-bond acceptors (Lipinski definition) is 4. The van der Waals surface area contributed by atoms with Crippen molar-refractivity contribution < 1.29 is 0 Å². The molecule has 0 unspecified atom stereocenters. The van der Waals surface area contributed by atoms with Crippen LogP contribution >= 0.6 is 11.8 Å². The Labute approximate surface area is 108 Å². The van der Waals surface area contributed by atoms with Crippen molar-refractivity contribution in [2.75, 3.05) is 18.8 Å². The van der Waals surface area contributed by atoms with Crippen LogP contribution in [0.4, 0.5) is 0 Å². The summed E-state index contributed by atoms with van der Waals surface area (Å²) < 4.78 is 0. The van der Waals surface area contributed by atoms with Gasteiger partial charge in [0.1, 0.15) is 0 Å². The van der Waals surface area contributed by atoms with Gasteiger partial charge in [0.15, 0.2) is 5.16 Å². The van der Waals surface area contributed by atoms with Crippen LogP contribution in [-0.4, -0.2) is 28.8 Å². The van der Waals surface area contributed by atoms with Crippen molar-refractivity contribution >= 4 is 11.8 Å². The highest BCUT2D eigenvalue weighted by Crippen LogP contribution is 2.21. The summed E-state index contributed by atoms with van der Waals surface area (Å²) in [4.78, 5) is 8.91. The van der Waals surface area contributed by atoms with E-state index in [1.54, 1.807) is 11.8 Å². The molecule has 1 aliphatic rings. The van der Waals surface area contributed by atoms with Crippen molar-refractivity contribution in [2.45, 2.75) is 38.3 Å². The van der Waals surface area contributed by atoms with Gasteiger partial charge in [-0.2, -0.15) is 0 Å². The predicted molar refractivity (Wildman–Crippen MR) is 72.4 cm³/mol. The molecule has 17 heavy (non-hydrogen) atoms. The molecule has 4 heteroatoms. The average molecular weight is 251 g/mol. The lowest BCUT2D eigenvalue weighted by atomic mass is 9.96. The van der Waals surface area contributed by atoms with Gasteiger partial charge in [0.05, 0.1) is 0 Å². The number of aryl methyl sites for hydroxylation is 2. The van der Waals surface area contributed by atoms with E-state index in [4.69, 9.17) is 0 Å². The Kier molecular flexibility index (Phi) is 4.80. The highest BCUT2D eigenvalue weighted by Gasteiger charge is 2.12. The number of nitrogens with one attached hydrogen (secondary N) is 1. The fourth-order valence-electron chi connectivity index (χ4n) is 2.25. The zero-order valence-electron chi connectivity index (χ0n) is 10.7. The molecule has 0 amide bonds. The fraction of sp³-hybridized carbons (Fsp3) is 0.692. The van der Waals surface area contributed by atoms with E-state index in [2.05, 4.69) is 15.3 Å². The molecule has 1 N–H and O–H groups in total. The molecule has 0 atom stereocenters. The minimum Gasteiger partial charge on any atom is -0.317 e. The number of thioether (sulfide) groups is 1. The first-order chi connectivity index (χ1) is 8.24. The topological polar surface area (TPSA) is 37.8 Å². The molecule has 0 bridgehead atoms. The van der Waals surface area contributed by atoms with Crippen LogP contribution in [0.5, 0.6) is 0 Å². The van der Waals surface area contributed by atoms with Crippen LogP contribution in [-0.2, 0) is 0 Å². The summed E-state index contributed by atoms with van der Waals surface area (Å²) in [5.41, 5.74) is 2.14. The van der Waals surface area contributed by atoms with E-state index in [9.17, 15) is 0 Å². The first-order valence-corrected chi connectivity index (χ1v) is 7.38. The minimum absolute atomic E-state index is 0.898. The number of nitrogens with zero attached hydrogens (tertiary/aromatic N) is 2. The van der Waals surface area contributed by atoms with Crippen LogP contribution in [0, 0.1) is 19.8 Å². The van der Waals surface area contributed by atoms with Crippen LogP contribution in [0.3, 0.4) is 0 Å². The highest BCUT2D eigenvalue weighted by molar-refractivity contribution is 7.99. The number of aromatic nitrogens is 2. The van der Waals surface area contributed by atoms with Gasteiger partial charge in [-0.1, -0.05) is 11.8 Å². The van der Waals surface area contributed by atoms with E-state index in [0.717, 1.165) is 28.2 Å². The molecule has 3 nitrogen and oxygen atoms in total. The van der Waals surface area contributed by atoms with Crippen molar-refractivity contribution in [1.82, 2.24) is 15.3 Å². The van der Waals surface area contributed by atoms with E-state index in [-0.39, 0.29) is 0 Å². The zero-order chi connectivity index (χ0) is 12.1. The van der Waals surface area contributed by atoms with Crippen LogP contribution < -0.4 is 5.32 Å². The Bertz CT molecular complexity index is 341. The fourth-order valence-corrected chi connectivity index (χ4v) is 3.30. The Morgan fingerprint density at radius 1 is 1.24 bits per heavy atom. The lowest BCUT2D eigenvalue weighted by molar-refractivity contribution is 0.367. The first kappa shape index (κ1) is 12.8. The van der Waals surface area contributed by atoms with E-state index >= 15 is 0 Å². The minimum atomic E-state index is 0.898.